The summed E-state index contributed by atoms with van der Waals surface area (Å²) in [4.78, 5) is 2.49. The second-order valence-electron chi connectivity index (χ2n) is 5.37. The lowest BCUT2D eigenvalue weighted by Crippen LogP contribution is -2.41. The van der Waals surface area contributed by atoms with Gasteiger partial charge in [0.1, 0.15) is 0 Å². The maximum atomic E-state index is 8.78. The van der Waals surface area contributed by atoms with Crippen molar-refractivity contribution in [3.63, 3.8) is 0 Å². The summed E-state index contributed by atoms with van der Waals surface area (Å²) < 4.78 is 0. The maximum absolute atomic E-state index is 8.78. The zero-order valence-electron chi connectivity index (χ0n) is 11.6. The maximum Gasteiger partial charge on any atom is 0.0431 e. The van der Waals surface area contributed by atoms with E-state index in [2.05, 4.69) is 24.2 Å². The van der Waals surface area contributed by atoms with Crippen LogP contribution in [-0.4, -0.2) is 48.8 Å². The van der Waals surface area contributed by atoms with Crippen LogP contribution in [0.2, 0.25) is 0 Å². The molecule has 102 valence electrons. The van der Waals surface area contributed by atoms with Crippen molar-refractivity contribution in [1.29, 1.82) is 0 Å². The van der Waals surface area contributed by atoms with Gasteiger partial charge < -0.3 is 15.3 Å². The second-order valence-corrected chi connectivity index (χ2v) is 5.37. The third-order valence-corrected chi connectivity index (χ3v) is 3.92. The zero-order chi connectivity index (χ0) is 12.5. The first-order valence-electron chi connectivity index (χ1n) is 7.32. The van der Waals surface area contributed by atoms with Gasteiger partial charge in [0.2, 0.25) is 0 Å². The smallest absolute Gasteiger partial charge is 0.0431 e. The third-order valence-electron chi connectivity index (χ3n) is 3.92. The largest absolute Gasteiger partial charge is 0.396 e. The van der Waals surface area contributed by atoms with E-state index in [1.807, 2.05) is 0 Å². The van der Waals surface area contributed by atoms with E-state index < -0.39 is 0 Å². The Morgan fingerprint density at radius 2 is 1.88 bits per heavy atom. The number of hydrogen-bond acceptors (Lipinski definition) is 3. The van der Waals surface area contributed by atoms with Crippen LogP contribution in [0.5, 0.6) is 0 Å². The predicted molar refractivity (Wildman–Crippen MR) is 73.3 cm³/mol. The molecule has 1 aliphatic rings. The molecule has 0 aliphatic heterocycles. The van der Waals surface area contributed by atoms with Crippen molar-refractivity contribution in [3.8, 4) is 0 Å². The van der Waals surface area contributed by atoms with E-state index in [0.717, 1.165) is 31.5 Å². The Balaban J connectivity index is 2.12. The molecule has 2 N–H and O–H groups in total. The fraction of sp³-hybridized carbons (Fsp3) is 1.00. The molecular formula is C14H30N2O. The molecule has 3 heteroatoms. The van der Waals surface area contributed by atoms with Crippen LogP contribution in [0.4, 0.5) is 0 Å². The van der Waals surface area contributed by atoms with Crippen LogP contribution < -0.4 is 5.32 Å². The summed E-state index contributed by atoms with van der Waals surface area (Å²) >= 11 is 0. The molecule has 0 spiro atoms. The highest BCUT2D eigenvalue weighted by Gasteiger charge is 2.22. The molecule has 1 rings (SSSR count). The molecule has 0 aromatic rings. The summed E-state index contributed by atoms with van der Waals surface area (Å²) in [5, 5.41) is 12.4. The molecule has 0 aromatic carbocycles. The van der Waals surface area contributed by atoms with Gasteiger partial charge in [0, 0.05) is 18.7 Å². The van der Waals surface area contributed by atoms with Crippen molar-refractivity contribution >= 4 is 0 Å². The number of aliphatic hydroxyl groups is 1. The Labute approximate surface area is 107 Å². The lowest BCUT2D eigenvalue weighted by molar-refractivity contribution is 0.167. The van der Waals surface area contributed by atoms with Crippen LogP contribution in [0.25, 0.3) is 0 Å². The van der Waals surface area contributed by atoms with Crippen molar-refractivity contribution in [2.45, 2.75) is 64.0 Å². The summed E-state index contributed by atoms with van der Waals surface area (Å²) in [6, 6.07) is 1.53. The van der Waals surface area contributed by atoms with Crippen LogP contribution in [0.1, 0.15) is 51.9 Å². The highest BCUT2D eigenvalue weighted by Crippen LogP contribution is 2.22. The summed E-state index contributed by atoms with van der Waals surface area (Å²) in [6.45, 7) is 4.87. The first-order chi connectivity index (χ1) is 8.27. The first kappa shape index (κ1) is 14.9. The molecular weight excluding hydrogens is 212 g/mol. The molecule has 3 nitrogen and oxygen atoms in total. The van der Waals surface area contributed by atoms with E-state index >= 15 is 0 Å². The molecule has 0 amide bonds. The molecule has 0 radical (unpaired) electrons. The number of unbranched alkanes of at least 4 members (excludes halogenated alkanes) is 1. The highest BCUT2D eigenvalue weighted by atomic mass is 16.2. The molecule has 1 fully saturated rings. The summed E-state index contributed by atoms with van der Waals surface area (Å²) in [7, 11) is 2.24. The second kappa shape index (κ2) is 8.90. The molecule has 0 heterocycles. The number of aliphatic hydroxyl groups excluding tert-OH is 1. The average molecular weight is 242 g/mol. The minimum atomic E-state index is 0.335. The summed E-state index contributed by atoms with van der Waals surface area (Å²) in [6.07, 6.45) is 8.62. The van der Waals surface area contributed by atoms with E-state index in [9.17, 15) is 0 Å². The Hall–Kier alpha value is -0.120. The van der Waals surface area contributed by atoms with Crippen LogP contribution in [0.3, 0.4) is 0 Å². The lowest BCUT2D eigenvalue weighted by atomic mass is 9.90. The van der Waals surface area contributed by atoms with E-state index in [1.54, 1.807) is 0 Å². The fourth-order valence-electron chi connectivity index (χ4n) is 2.72. The molecule has 0 bridgehead atoms. The molecule has 17 heavy (non-hydrogen) atoms. The van der Waals surface area contributed by atoms with Crippen molar-refractivity contribution in [2.24, 2.45) is 0 Å². The van der Waals surface area contributed by atoms with Gasteiger partial charge in [-0.1, -0.05) is 6.92 Å². The SMILES string of the molecule is CCCNC1CCC(N(C)CCCCO)CC1. The molecule has 1 aliphatic carbocycles. The van der Waals surface area contributed by atoms with Gasteiger partial charge in [0.25, 0.3) is 0 Å². The van der Waals surface area contributed by atoms with E-state index in [-0.39, 0.29) is 0 Å². The van der Waals surface area contributed by atoms with Crippen molar-refractivity contribution in [2.75, 3.05) is 26.7 Å². The van der Waals surface area contributed by atoms with E-state index in [0.29, 0.717) is 6.61 Å². The summed E-state index contributed by atoms with van der Waals surface area (Å²) in [5.74, 6) is 0. The van der Waals surface area contributed by atoms with Crippen molar-refractivity contribution in [1.82, 2.24) is 10.2 Å². The van der Waals surface area contributed by atoms with E-state index in [1.165, 1.54) is 38.6 Å². The van der Waals surface area contributed by atoms with Gasteiger partial charge in [-0.05, 0) is 65.1 Å². The standard InChI is InChI=1S/C14H30N2O/c1-3-10-15-13-6-8-14(9-7-13)16(2)11-4-5-12-17/h13-15,17H,3-12H2,1-2H3. The normalized spacial score (nSPS) is 25.4. The highest BCUT2D eigenvalue weighted by molar-refractivity contribution is 4.81. The zero-order valence-corrected chi connectivity index (χ0v) is 11.6. The number of nitrogens with zero attached hydrogens (tertiary/aromatic N) is 1. The molecule has 0 aromatic heterocycles. The topological polar surface area (TPSA) is 35.5 Å². The monoisotopic (exact) mass is 242 g/mol. The third kappa shape index (κ3) is 5.84. The number of rotatable bonds is 8. The number of nitrogens with one attached hydrogen (secondary N) is 1. The molecule has 1 saturated carbocycles. The van der Waals surface area contributed by atoms with Crippen LogP contribution >= 0.6 is 0 Å². The Morgan fingerprint density at radius 1 is 1.18 bits per heavy atom. The van der Waals surface area contributed by atoms with Crippen LogP contribution in [0.15, 0.2) is 0 Å². The quantitative estimate of drug-likeness (QED) is 0.639. The average Bonchev–Trinajstić information content (AvgIpc) is 2.37. The van der Waals surface area contributed by atoms with Gasteiger partial charge in [-0.3, -0.25) is 0 Å². The van der Waals surface area contributed by atoms with Gasteiger partial charge in [0.05, 0.1) is 0 Å². The van der Waals surface area contributed by atoms with Gasteiger partial charge in [-0.15, -0.1) is 0 Å². The lowest BCUT2D eigenvalue weighted by Gasteiger charge is -2.35. The molecule has 0 unspecified atom stereocenters. The summed E-state index contributed by atoms with van der Waals surface area (Å²) in [5.41, 5.74) is 0. The van der Waals surface area contributed by atoms with Crippen molar-refractivity contribution in [3.05, 3.63) is 0 Å². The van der Waals surface area contributed by atoms with Crippen molar-refractivity contribution < 1.29 is 5.11 Å². The Morgan fingerprint density at radius 3 is 2.47 bits per heavy atom. The van der Waals surface area contributed by atoms with E-state index in [4.69, 9.17) is 5.11 Å². The molecule has 0 atom stereocenters. The van der Waals surface area contributed by atoms with Gasteiger partial charge in [0.15, 0.2) is 0 Å². The van der Waals surface area contributed by atoms with Crippen LogP contribution in [-0.2, 0) is 0 Å². The minimum absolute atomic E-state index is 0.335. The van der Waals surface area contributed by atoms with Gasteiger partial charge in [-0.2, -0.15) is 0 Å². The minimum Gasteiger partial charge on any atom is -0.396 e. The van der Waals surface area contributed by atoms with Gasteiger partial charge in [-0.25, -0.2) is 0 Å². The van der Waals surface area contributed by atoms with Gasteiger partial charge >= 0.3 is 0 Å². The molecule has 0 saturated heterocycles. The predicted octanol–water partition coefficient (Wildman–Crippen LogP) is 2.00. The Bertz CT molecular complexity index is 179. The number of hydrogen-bond donors (Lipinski definition) is 2. The van der Waals surface area contributed by atoms with Crippen LogP contribution in [0, 0.1) is 0 Å². The fourth-order valence-corrected chi connectivity index (χ4v) is 2.72. The first-order valence-corrected chi connectivity index (χ1v) is 7.32. The Kier molecular flexibility index (Phi) is 7.82.